The predicted molar refractivity (Wildman–Crippen MR) is 135 cm³/mol. The fourth-order valence-corrected chi connectivity index (χ4v) is 5.56. The quantitative estimate of drug-likeness (QED) is 0.564. The van der Waals surface area contributed by atoms with Crippen molar-refractivity contribution in [1.82, 2.24) is 15.1 Å². The number of hydrogen-bond donors (Lipinski definition) is 1. The lowest BCUT2D eigenvalue weighted by atomic mass is 10.0. The third-order valence-electron chi connectivity index (χ3n) is 6.35. The maximum Gasteiger partial charge on any atom is 0.318 e. The smallest absolute Gasteiger partial charge is 0.318 e. The second-order valence-electron chi connectivity index (χ2n) is 9.23. The molecule has 2 aliphatic rings. The van der Waals surface area contributed by atoms with Crippen molar-refractivity contribution < 1.29 is 23.8 Å². The molecule has 0 bridgehead atoms. The number of hydrogen-bond acceptors (Lipinski definition) is 6. The van der Waals surface area contributed by atoms with E-state index in [1.54, 1.807) is 23.3 Å². The molecule has 0 aliphatic carbocycles. The highest BCUT2D eigenvalue weighted by atomic mass is 32.1. The molecular weight excluding hydrogens is 466 g/mol. The first-order valence-electron chi connectivity index (χ1n) is 12.2. The number of carbonyl (C=O) groups excluding carboxylic acids is 2. The van der Waals surface area contributed by atoms with Gasteiger partial charge in [-0.15, -0.1) is 11.3 Å². The van der Waals surface area contributed by atoms with Crippen LogP contribution in [0.4, 0.5) is 4.79 Å². The van der Waals surface area contributed by atoms with Crippen molar-refractivity contribution in [3.63, 3.8) is 0 Å². The van der Waals surface area contributed by atoms with Gasteiger partial charge in [-0.05, 0) is 62.3 Å². The van der Waals surface area contributed by atoms with Crippen LogP contribution in [-0.2, 0) is 16.0 Å². The van der Waals surface area contributed by atoms with Gasteiger partial charge in [0.2, 0.25) is 5.91 Å². The van der Waals surface area contributed by atoms with Crippen LogP contribution in [0.5, 0.6) is 11.5 Å². The maximum atomic E-state index is 13.6. The summed E-state index contributed by atoms with van der Waals surface area (Å²) in [6.45, 7) is 5.84. The molecule has 0 spiro atoms. The largest absolute Gasteiger partial charge is 0.493 e. The molecule has 0 radical (unpaired) electrons. The number of para-hydroxylation sites is 2. The first kappa shape index (κ1) is 25.3. The lowest BCUT2D eigenvalue weighted by Gasteiger charge is -2.37. The molecule has 1 saturated heterocycles. The van der Waals surface area contributed by atoms with Crippen molar-refractivity contribution in [3.05, 3.63) is 46.2 Å². The van der Waals surface area contributed by atoms with Crippen LogP contribution in [0.15, 0.2) is 35.7 Å². The van der Waals surface area contributed by atoms with Gasteiger partial charge in [0, 0.05) is 30.6 Å². The fraction of sp³-hybridized carbons (Fsp3) is 0.538. The van der Waals surface area contributed by atoms with E-state index in [2.05, 4.69) is 16.8 Å². The second kappa shape index (κ2) is 11.8. The number of thiophene rings is 1. The van der Waals surface area contributed by atoms with Gasteiger partial charge in [0.05, 0.1) is 19.3 Å². The summed E-state index contributed by atoms with van der Waals surface area (Å²) >= 11 is 1.71. The standard InChI is InChI=1S/C26H35N3O5S/c1-18(2)27-26(31)28(15-19-7-6-13-33-19)16-25(30)29-12-10-24-20(11-14-35-24)21(29)17-34-23-9-5-4-8-22(23)32-3/h4-5,8-9,11,14,18-19,21H,6-7,10,12-13,15-17H2,1-3H3,(H,27,31)/t19-,21-/m0/s1. The summed E-state index contributed by atoms with van der Waals surface area (Å²) in [5, 5.41) is 4.99. The van der Waals surface area contributed by atoms with E-state index in [0.29, 0.717) is 37.8 Å². The molecule has 35 heavy (non-hydrogen) atoms. The SMILES string of the molecule is COc1ccccc1OC[C@H]1c2ccsc2CCN1C(=O)CN(C[C@@H]1CCCO1)C(=O)NC(C)C. The van der Waals surface area contributed by atoms with Gasteiger partial charge < -0.3 is 29.3 Å². The van der Waals surface area contributed by atoms with Gasteiger partial charge in [-0.1, -0.05) is 12.1 Å². The van der Waals surface area contributed by atoms with Crippen LogP contribution in [-0.4, -0.2) is 73.8 Å². The Bertz CT molecular complexity index is 1000. The molecule has 1 aromatic carbocycles. The summed E-state index contributed by atoms with van der Waals surface area (Å²) < 4.78 is 17.3. The molecule has 8 nitrogen and oxygen atoms in total. The first-order valence-corrected chi connectivity index (χ1v) is 13.1. The Kier molecular flexibility index (Phi) is 8.51. The van der Waals surface area contributed by atoms with Gasteiger partial charge in [0.25, 0.3) is 0 Å². The van der Waals surface area contributed by atoms with Crippen LogP contribution >= 0.6 is 11.3 Å². The second-order valence-corrected chi connectivity index (χ2v) is 10.2. The van der Waals surface area contributed by atoms with E-state index in [1.165, 1.54) is 4.88 Å². The lowest BCUT2D eigenvalue weighted by Crippen LogP contribution is -2.52. The highest BCUT2D eigenvalue weighted by Gasteiger charge is 2.34. The van der Waals surface area contributed by atoms with Crippen molar-refractivity contribution in [2.75, 3.05) is 40.0 Å². The van der Waals surface area contributed by atoms with Crippen LogP contribution in [0.25, 0.3) is 0 Å². The summed E-state index contributed by atoms with van der Waals surface area (Å²) in [5.74, 6) is 1.20. The van der Waals surface area contributed by atoms with E-state index in [4.69, 9.17) is 14.2 Å². The van der Waals surface area contributed by atoms with E-state index in [1.807, 2.05) is 43.0 Å². The summed E-state index contributed by atoms with van der Waals surface area (Å²) in [6.07, 6.45) is 2.65. The van der Waals surface area contributed by atoms with E-state index in [9.17, 15) is 9.59 Å². The minimum atomic E-state index is -0.237. The van der Waals surface area contributed by atoms with Crippen molar-refractivity contribution in [3.8, 4) is 11.5 Å². The number of nitrogens with zero attached hydrogens (tertiary/aromatic N) is 2. The molecule has 2 aliphatic heterocycles. The van der Waals surface area contributed by atoms with Gasteiger partial charge >= 0.3 is 6.03 Å². The van der Waals surface area contributed by atoms with Crippen LogP contribution in [0.1, 0.15) is 43.2 Å². The summed E-state index contributed by atoms with van der Waals surface area (Å²) in [7, 11) is 1.61. The number of urea groups is 1. The van der Waals surface area contributed by atoms with E-state index in [-0.39, 0.29) is 36.7 Å². The topological polar surface area (TPSA) is 80.3 Å². The predicted octanol–water partition coefficient (Wildman–Crippen LogP) is 3.86. The Hall–Kier alpha value is -2.78. The molecule has 0 unspecified atom stereocenters. The fourth-order valence-electron chi connectivity index (χ4n) is 4.63. The number of nitrogens with one attached hydrogen (secondary N) is 1. The van der Waals surface area contributed by atoms with E-state index < -0.39 is 0 Å². The molecular formula is C26H35N3O5S. The normalized spacial score (nSPS) is 19.4. The Morgan fingerprint density at radius 3 is 2.77 bits per heavy atom. The zero-order chi connectivity index (χ0) is 24.8. The number of ether oxygens (including phenoxy) is 3. The number of rotatable bonds is 9. The Morgan fingerprint density at radius 2 is 2.06 bits per heavy atom. The first-order chi connectivity index (χ1) is 17.0. The molecule has 3 amide bonds. The molecule has 0 saturated carbocycles. The van der Waals surface area contributed by atoms with Crippen molar-refractivity contribution in [2.24, 2.45) is 0 Å². The molecule has 2 aromatic rings. The third-order valence-corrected chi connectivity index (χ3v) is 7.35. The number of methoxy groups -OCH3 is 1. The molecule has 1 aromatic heterocycles. The Morgan fingerprint density at radius 1 is 1.26 bits per heavy atom. The zero-order valence-corrected chi connectivity index (χ0v) is 21.5. The summed E-state index contributed by atoms with van der Waals surface area (Å²) in [6, 6.07) is 9.09. The lowest BCUT2D eigenvalue weighted by molar-refractivity contribution is -0.135. The van der Waals surface area contributed by atoms with Gasteiger partial charge in [0.15, 0.2) is 11.5 Å². The van der Waals surface area contributed by atoms with Crippen LogP contribution in [0.3, 0.4) is 0 Å². The van der Waals surface area contributed by atoms with Crippen LogP contribution < -0.4 is 14.8 Å². The summed E-state index contributed by atoms with van der Waals surface area (Å²) in [5.41, 5.74) is 1.11. The molecule has 2 atom stereocenters. The van der Waals surface area contributed by atoms with Crippen molar-refractivity contribution in [2.45, 2.75) is 51.3 Å². The minimum Gasteiger partial charge on any atom is -0.493 e. The van der Waals surface area contributed by atoms with E-state index in [0.717, 1.165) is 24.8 Å². The molecule has 9 heteroatoms. The number of fused-ring (bicyclic) bond motifs is 1. The van der Waals surface area contributed by atoms with E-state index >= 15 is 0 Å². The van der Waals surface area contributed by atoms with Gasteiger partial charge in [-0.3, -0.25) is 4.79 Å². The Labute approximate surface area is 211 Å². The monoisotopic (exact) mass is 501 g/mol. The van der Waals surface area contributed by atoms with Crippen molar-refractivity contribution in [1.29, 1.82) is 0 Å². The molecule has 190 valence electrons. The van der Waals surface area contributed by atoms with Gasteiger partial charge in [-0.25, -0.2) is 4.79 Å². The third kappa shape index (κ3) is 6.27. The number of carbonyl (C=O) groups is 2. The summed E-state index contributed by atoms with van der Waals surface area (Å²) in [4.78, 5) is 31.3. The van der Waals surface area contributed by atoms with Crippen LogP contribution in [0, 0.1) is 0 Å². The number of benzene rings is 1. The minimum absolute atomic E-state index is 0.00302. The number of amides is 3. The van der Waals surface area contributed by atoms with Gasteiger partial charge in [0.1, 0.15) is 13.2 Å². The average Bonchev–Trinajstić information content (AvgIpc) is 3.53. The molecule has 1 N–H and O–H groups in total. The zero-order valence-electron chi connectivity index (χ0n) is 20.7. The van der Waals surface area contributed by atoms with Crippen molar-refractivity contribution >= 4 is 23.3 Å². The molecule has 3 heterocycles. The molecule has 4 rings (SSSR count). The molecule has 1 fully saturated rings. The highest BCUT2D eigenvalue weighted by molar-refractivity contribution is 7.10. The van der Waals surface area contributed by atoms with Gasteiger partial charge in [-0.2, -0.15) is 0 Å². The van der Waals surface area contributed by atoms with Crippen LogP contribution in [0.2, 0.25) is 0 Å². The highest BCUT2D eigenvalue weighted by Crippen LogP contribution is 2.35. The maximum absolute atomic E-state index is 13.6. The average molecular weight is 502 g/mol. The Balaban J connectivity index is 1.50.